The first-order valence-electron chi connectivity index (χ1n) is 5.64. The van der Waals surface area contributed by atoms with E-state index in [1.165, 1.54) is 19.3 Å². The molecule has 0 radical (unpaired) electrons. The first-order chi connectivity index (χ1) is 6.58. The molecule has 0 heterocycles. The van der Waals surface area contributed by atoms with E-state index < -0.39 is 0 Å². The van der Waals surface area contributed by atoms with E-state index in [1.54, 1.807) is 0 Å². The smallest absolute Gasteiger partial charge is 0.0567 e. The van der Waals surface area contributed by atoms with Crippen LogP contribution in [0.1, 0.15) is 46.5 Å². The van der Waals surface area contributed by atoms with Gasteiger partial charge in [0.1, 0.15) is 0 Å². The standard InChI is InChI=1S/C11H19N3/c1-4-11(13-14-12)9-6-5-8(7-9)10(11,2)3/h8-9H,4-7H2,1-3H3/t8-,9+,11-/m1/s1. The summed E-state index contributed by atoms with van der Waals surface area (Å²) in [7, 11) is 0. The van der Waals surface area contributed by atoms with E-state index in [9.17, 15) is 0 Å². The second-order valence-electron chi connectivity index (χ2n) is 5.40. The van der Waals surface area contributed by atoms with Gasteiger partial charge in [0, 0.05) is 4.91 Å². The SMILES string of the molecule is CC[C@@]1(N=[N+]=[N-])[C@H]2CC[C@H](C2)C1(C)C. The third kappa shape index (κ3) is 0.912. The van der Waals surface area contributed by atoms with E-state index in [4.69, 9.17) is 5.53 Å². The average molecular weight is 193 g/mol. The molecule has 2 aliphatic carbocycles. The molecule has 0 aromatic rings. The van der Waals surface area contributed by atoms with Crippen molar-refractivity contribution in [2.24, 2.45) is 22.4 Å². The molecule has 0 unspecified atom stereocenters. The Morgan fingerprint density at radius 2 is 2.00 bits per heavy atom. The molecule has 3 nitrogen and oxygen atoms in total. The van der Waals surface area contributed by atoms with Crippen LogP contribution in [0.2, 0.25) is 0 Å². The van der Waals surface area contributed by atoms with Gasteiger partial charge in [-0.15, -0.1) is 0 Å². The van der Waals surface area contributed by atoms with Gasteiger partial charge in [-0.2, -0.15) is 0 Å². The zero-order chi connectivity index (χ0) is 10.4. The van der Waals surface area contributed by atoms with Crippen LogP contribution in [-0.2, 0) is 0 Å². The van der Waals surface area contributed by atoms with Crippen molar-refractivity contribution >= 4 is 0 Å². The fourth-order valence-electron chi connectivity index (χ4n) is 4.06. The highest BCUT2D eigenvalue weighted by atomic mass is 15.2. The maximum atomic E-state index is 8.74. The van der Waals surface area contributed by atoms with Gasteiger partial charge in [-0.25, -0.2) is 0 Å². The molecule has 2 bridgehead atoms. The van der Waals surface area contributed by atoms with E-state index in [2.05, 4.69) is 30.8 Å². The van der Waals surface area contributed by atoms with Crippen LogP contribution in [0.4, 0.5) is 0 Å². The molecule has 0 aromatic heterocycles. The molecule has 0 saturated heterocycles. The Kier molecular flexibility index (Phi) is 2.04. The Morgan fingerprint density at radius 1 is 1.36 bits per heavy atom. The van der Waals surface area contributed by atoms with Crippen molar-refractivity contribution in [3.63, 3.8) is 0 Å². The van der Waals surface area contributed by atoms with Gasteiger partial charge in [-0.1, -0.05) is 25.9 Å². The zero-order valence-corrected chi connectivity index (χ0v) is 9.32. The number of rotatable bonds is 2. The third-order valence-corrected chi connectivity index (χ3v) is 5.01. The highest BCUT2D eigenvalue weighted by Gasteiger charge is 2.61. The van der Waals surface area contributed by atoms with E-state index >= 15 is 0 Å². The van der Waals surface area contributed by atoms with Crippen LogP contribution in [0.3, 0.4) is 0 Å². The van der Waals surface area contributed by atoms with Crippen LogP contribution in [0.5, 0.6) is 0 Å². The number of azide groups is 1. The van der Waals surface area contributed by atoms with Gasteiger partial charge in [0.2, 0.25) is 0 Å². The van der Waals surface area contributed by atoms with Crippen molar-refractivity contribution in [1.82, 2.24) is 0 Å². The van der Waals surface area contributed by atoms with Crippen molar-refractivity contribution < 1.29 is 0 Å². The van der Waals surface area contributed by atoms with Gasteiger partial charge in [0.15, 0.2) is 0 Å². The van der Waals surface area contributed by atoms with E-state index in [0.717, 1.165) is 12.3 Å². The molecule has 0 spiro atoms. The summed E-state index contributed by atoms with van der Waals surface area (Å²) in [5, 5.41) is 4.19. The fraction of sp³-hybridized carbons (Fsp3) is 1.00. The van der Waals surface area contributed by atoms with Gasteiger partial charge in [0.25, 0.3) is 0 Å². The van der Waals surface area contributed by atoms with E-state index in [-0.39, 0.29) is 11.0 Å². The van der Waals surface area contributed by atoms with E-state index in [0.29, 0.717) is 5.92 Å². The number of hydrogen-bond donors (Lipinski definition) is 0. The minimum absolute atomic E-state index is 0.0926. The van der Waals surface area contributed by atoms with Crippen molar-refractivity contribution in [3.05, 3.63) is 10.4 Å². The van der Waals surface area contributed by atoms with E-state index in [1.807, 2.05) is 0 Å². The normalized spacial score (nSPS) is 43.6. The Balaban J connectivity index is 2.46. The van der Waals surface area contributed by atoms with Crippen molar-refractivity contribution in [2.45, 2.75) is 52.0 Å². The molecule has 2 fully saturated rings. The number of nitrogens with zero attached hydrogens (tertiary/aromatic N) is 3. The van der Waals surface area contributed by atoms with Crippen LogP contribution in [0, 0.1) is 17.3 Å². The average Bonchev–Trinajstić information content (AvgIpc) is 2.68. The molecular weight excluding hydrogens is 174 g/mol. The summed E-state index contributed by atoms with van der Waals surface area (Å²) in [5.41, 5.74) is 8.85. The van der Waals surface area contributed by atoms with Crippen molar-refractivity contribution in [1.29, 1.82) is 0 Å². The van der Waals surface area contributed by atoms with Crippen LogP contribution in [-0.4, -0.2) is 5.54 Å². The van der Waals surface area contributed by atoms with Gasteiger partial charge in [-0.3, -0.25) is 0 Å². The summed E-state index contributed by atoms with van der Waals surface area (Å²) in [5.74, 6) is 1.42. The second kappa shape index (κ2) is 2.90. The van der Waals surface area contributed by atoms with Gasteiger partial charge in [-0.05, 0) is 48.5 Å². The maximum absolute atomic E-state index is 8.74. The minimum Gasteiger partial charge on any atom is -0.0864 e. The molecule has 0 aromatic carbocycles. The highest BCUT2D eigenvalue weighted by Crippen LogP contribution is 2.64. The molecule has 2 rings (SSSR count). The molecule has 0 N–H and O–H groups in total. The Labute approximate surface area is 85.5 Å². The number of hydrogen-bond acceptors (Lipinski definition) is 1. The zero-order valence-electron chi connectivity index (χ0n) is 9.32. The number of fused-ring (bicyclic) bond motifs is 2. The summed E-state index contributed by atoms with van der Waals surface area (Å²) in [4.78, 5) is 3.10. The predicted molar refractivity (Wildman–Crippen MR) is 56.8 cm³/mol. The van der Waals surface area contributed by atoms with Crippen molar-refractivity contribution in [3.8, 4) is 0 Å². The quantitative estimate of drug-likeness (QED) is 0.363. The minimum atomic E-state index is -0.0926. The fourth-order valence-corrected chi connectivity index (χ4v) is 4.06. The Bertz CT molecular complexity index is 291. The van der Waals surface area contributed by atoms with Crippen LogP contribution < -0.4 is 0 Å². The monoisotopic (exact) mass is 193 g/mol. The molecule has 78 valence electrons. The maximum Gasteiger partial charge on any atom is 0.0567 e. The Hall–Kier alpha value is -0.690. The lowest BCUT2D eigenvalue weighted by atomic mass is 9.62. The van der Waals surface area contributed by atoms with Gasteiger partial charge in [0.05, 0.1) is 5.54 Å². The molecule has 0 amide bonds. The summed E-state index contributed by atoms with van der Waals surface area (Å²) < 4.78 is 0. The summed E-state index contributed by atoms with van der Waals surface area (Å²) in [6.07, 6.45) is 4.87. The van der Waals surface area contributed by atoms with Crippen LogP contribution in [0.25, 0.3) is 10.4 Å². The highest BCUT2D eigenvalue weighted by molar-refractivity contribution is 5.15. The van der Waals surface area contributed by atoms with Crippen LogP contribution in [0.15, 0.2) is 5.11 Å². The van der Waals surface area contributed by atoms with Crippen molar-refractivity contribution in [2.75, 3.05) is 0 Å². The molecule has 2 saturated carbocycles. The summed E-state index contributed by atoms with van der Waals surface area (Å²) in [6.45, 7) is 6.74. The third-order valence-electron chi connectivity index (χ3n) is 5.01. The summed E-state index contributed by atoms with van der Waals surface area (Å²) in [6, 6.07) is 0. The Morgan fingerprint density at radius 3 is 2.43 bits per heavy atom. The lowest BCUT2D eigenvalue weighted by Gasteiger charge is -2.46. The summed E-state index contributed by atoms with van der Waals surface area (Å²) >= 11 is 0. The van der Waals surface area contributed by atoms with Gasteiger partial charge < -0.3 is 0 Å². The van der Waals surface area contributed by atoms with Gasteiger partial charge >= 0.3 is 0 Å². The molecule has 3 heteroatoms. The molecule has 14 heavy (non-hydrogen) atoms. The predicted octanol–water partition coefficient (Wildman–Crippen LogP) is 3.90. The first kappa shape index (κ1) is 9.85. The lowest BCUT2D eigenvalue weighted by Crippen LogP contribution is -2.47. The van der Waals surface area contributed by atoms with Crippen LogP contribution >= 0.6 is 0 Å². The lowest BCUT2D eigenvalue weighted by molar-refractivity contribution is 0.0825. The molecule has 2 aliphatic rings. The molecular formula is C11H19N3. The first-order valence-corrected chi connectivity index (χ1v) is 5.64. The molecule has 0 aliphatic heterocycles. The molecule has 3 atom stereocenters. The second-order valence-corrected chi connectivity index (χ2v) is 5.40. The topological polar surface area (TPSA) is 48.8 Å². The largest absolute Gasteiger partial charge is 0.0864 e.